The molecule has 0 fully saturated rings. The predicted molar refractivity (Wildman–Crippen MR) is 151 cm³/mol. The van der Waals surface area contributed by atoms with Gasteiger partial charge in [-0.15, -0.1) is 0 Å². The molecule has 0 heterocycles. The summed E-state index contributed by atoms with van der Waals surface area (Å²) < 4.78 is 5.94. The van der Waals surface area contributed by atoms with Crippen molar-refractivity contribution in [2.24, 2.45) is 0 Å². The zero-order valence-electron chi connectivity index (χ0n) is 23.7. The molecule has 0 saturated carbocycles. The second-order valence-corrected chi connectivity index (χ2v) is 10.3. The van der Waals surface area contributed by atoms with Gasteiger partial charge in [-0.1, -0.05) is 70.2 Å². The van der Waals surface area contributed by atoms with E-state index < -0.39 is 17.7 Å². The summed E-state index contributed by atoms with van der Waals surface area (Å²) in [4.78, 5) is 10.8. The number of benzene rings is 2. The van der Waals surface area contributed by atoms with Gasteiger partial charge in [0.2, 0.25) is 0 Å². The molecule has 0 aromatic heterocycles. The molecule has 0 aliphatic rings. The zero-order valence-corrected chi connectivity index (χ0v) is 23.7. The fraction of sp³-hybridized carbons (Fsp3) is 0.531. The molecule has 0 amide bonds. The number of aliphatic carboxylic acids is 1. The van der Waals surface area contributed by atoms with Crippen LogP contribution in [0.3, 0.4) is 0 Å². The first-order chi connectivity index (χ1) is 17.4. The lowest BCUT2D eigenvalue weighted by molar-refractivity contribution is -0.137. The summed E-state index contributed by atoms with van der Waals surface area (Å²) in [6.07, 6.45) is 6.48. The maximum absolute atomic E-state index is 10.8. The van der Waals surface area contributed by atoms with Crippen molar-refractivity contribution in [1.29, 1.82) is 0 Å². The van der Waals surface area contributed by atoms with Crippen LogP contribution < -0.4 is 4.74 Å². The molecule has 204 valence electrons. The summed E-state index contributed by atoms with van der Waals surface area (Å²) in [6.45, 7) is 14.7. The van der Waals surface area contributed by atoms with E-state index in [0.717, 1.165) is 35.3 Å². The van der Waals surface area contributed by atoms with Gasteiger partial charge in [0.05, 0.1) is 11.7 Å². The van der Waals surface area contributed by atoms with E-state index in [1.54, 1.807) is 0 Å². The fourth-order valence-corrected chi connectivity index (χ4v) is 5.13. The van der Waals surface area contributed by atoms with Crippen LogP contribution in [0.25, 0.3) is 6.08 Å². The number of rotatable bonds is 14. The second-order valence-electron chi connectivity index (χ2n) is 10.3. The predicted octanol–water partition coefficient (Wildman–Crippen LogP) is 6.89. The Morgan fingerprint density at radius 2 is 1.49 bits per heavy atom. The molecule has 2 rings (SSSR count). The lowest BCUT2D eigenvalue weighted by Gasteiger charge is -2.35. The first-order valence-electron chi connectivity index (χ1n) is 13.6. The summed E-state index contributed by atoms with van der Waals surface area (Å²) in [5, 5.41) is 29.6. The Kier molecular flexibility index (Phi) is 11.0. The summed E-state index contributed by atoms with van der Waals surface area (Å²) in [6, 6.07) is 11.0. The Labute approximate surface area is 223 Å². The van der Waals surface area contributed by atoms with Crippen LogP contribution in [0.4, 0.5) is 0 Å². The van der Waals surface area contributed by atoms with E-state index in [4.69, 9.17) is 9.84 Å². The van der Waals surface area contributed by atoms with Crippen LogP contribution in [0, 0.1) is 20.8 Å². The Bertz CT molecular complexity index is 1050. The molecular weight excluding hydrogens is 464 g/mol. The first kappa shape index (κ1) is 30.6. The summed E-state index contributed by atoms with van der Waals surface area (Å²) >= 11 is 0. The molecule has 5 heteroatoms. The first-order valence-corrected chi connectivity index (χ1v) is 13.6. The molecule has 0 spiro atoms. The van der Waals surface area contributed by atoms with E-state index >= 15 is 0 Å². The lowest BCUT2D eigenvalue weighted by atomic mass is 9.69. The van der Waals surface area contributed by atoms with Gasteiger partial charge in [0, 0.05) is 11.8 Å². The molecular formula is C32H46O5. The Morgan fingerprint density at radius 3 is 1.97 bits per heavy atom. The van der Waals surface area contributed by atoms with Crippen molar-refractivity contribution in [2.75, 3.05) is 6.61 Å². The number of carboxylic acid groups (broad SMARTS) is 1. The van der Waals surface area contributed by atoms with Crippen molar-refractivity contribution in [3.8, 4) is 5.75 Å². The van der Waals surface area contributed by atoms with Crippen molar-refractivity contribution < 1.29 is 24.9 Å². The highest BCUT2D eigenvalue weighted by atomic mass is 16.5. The number of hydrogen-bond acceptors (Lipinski definition) is 4. The molecule has 1 unspecified atom stereocenters. The number of carbonyl (C=O) groups is 1. The van der Waals surface area contributed by atoms with Gasteiger partial charge in [0.15, 0.2) is 0 Å². The number of carboxylic acids is 1. The number of aliphatic hydroxyl groups excluding tert-OH is 1. The third-order valence-electron chi connectivity index (χ3n) is 7.95. The van der Waals surface area contributed by atoms with Gasteiger partial charge in [-0.25, -0.2) is 0 Å². The van der Waals surface area contributed by atoms with E-state index in [1.807, 2.05) is 39.8 Å². The molecule has 0 aliphatic carbocycles. The minimum Gasteiger partial charge on any atom is -0.490 e. The van der Waals surface area contributed by atoms with Crippen molar-refractivity contribution in [2.45, 2.75) is 104 Å². The van der Waals surface area contributed by atoms with Crippen LogP contribution in [0.2, 0.25) is 0 Å². The van der Waals surface area contributed by atoms with Gasteiger partial charge >= 0.3 is 5.97 Å². The zero-order chi connectivity index (χ0) is 27.8. The van der Waals surface area contributed by atoms with Crippen molar-refractivity contribution in [1.82, 2.24) is 0 Å². The molecule has 2 aromatic rings. The van der Waals surface area contributed by atoms with Crippen LogP contribution in [-0.2, 0) is 10.2 Å². The SMILES string of the molecule is CCC(O)(C=Cc1ccc(C(CC)(CC)c2cc(C)c(OCC(O)CCC(=O)O)c(C)c2)cc1C)CC. The van der Waals surface area contributed by atoms with E-state index in [9.17, 15) is 15.0 Å². The number of aliphatic hydroxyl groups is 2. The van der Waals surface area contributed by atoms with Gasteiger partial charge in [-0.3, -0.25) is 4.79 Å². The minimum absolute atomic E-state index is 0.0698. The molecule has 5 nitrogen and oxygen atoms in total. The van der Waals surface area contributed by atoms with Crippen LogP contribution >= 0.6 is 0 Å². The Morgan fingerprint density at radius 1 is 0.919 bits per heavy atom. The molecule has 0 saturated heterocycles. The third-order valence-corrected chi connectivity index (χ3v) is 7.95. The van der Waals surface area contributed by atoms with Crippen molar-refractivity contribution >= 4 is 12.0 Å². The van der Waals surface area contributed by atoms with Gasteiger partial charge in [0.1, 0.15) is 12.4 Å². The molecule has 1 atom stereocenters. The molecule has 3 N–H and O–H groups in total. The quantitative estimate of drug-likeness (QED) is 0.258. The molecule has 0 aliphatic heterocycles. The molecule has 0 bridgehead atoms. The van der Waals surface area contributed by atoms with E-state index in [-0.39, 0.29) is 24.9 Å². The average molecular weight is 511 g/mol. The summed E-state index contributed by atoms with van der Waals surface area (Å²) in [5.41, 5.74) is 5.87. The monoisotopic (exact) mass is 510 g/mol. The Hall–Kier alpha value is -2.63. The standard InChI is InChI=1S/C32H46O5/c1-8-31(36,9-2)17-16-25-12-13-26(18-22(25)5)32(10-3,11-4)27-19-23(6)30(24(7)20-27)37-21-28(33)14-15-29(34)35/h12-13,16-20,28,33,36H,8-11,14-15,21H2,1-7H3,(H,34,35). The largest absolute Gasteiger partial charge is 0.490 e. The van der Waals surface area contributed by atoms with Crippen LogP contribution in [0.5, 0.6) is 5.75 Å². The molecule has 37 heavy (non-hydrogen) atoms. The highest BCUT2D eigenvalue weighted by molar-refractivity contribution is 5.66. The van der Waals surface area contributed by atoms with Crippen LogP contribution in [0.15, 0.2) is 36.4 Å². The molecule has 2 aromatic carbocycles. The maximum Gasteiger partial charge on any atom is 0.303 e. The smallest absolute Gasteiger partial charge is 0.303 e. The van der Waals surface area contributed by atoms with E-state index in [0.29, 0.717) is 12.8 Å². The Balaban J connectivity index is 2.38. The van der Waals surface area contributed by atoms with Gasteiger partial charge in [0.25, 0.3) is 0 Å². The molecule has 0 radical (unpaired) electrons. The third kappa shape index (κ3) is 7.45. The highest BCUT2D eigenvalue weighted by Gasteiger charge is 2.32. The maximum atomic E-state index is 10.8. The summed E-state index contributed by atoms with van der Waals surface area (Å²) in [5.74, 6) is -0.177. The van der Waals surface area contributed by atoms with Gasteiger partial charge in [-0.2, -0.15) is 0 Å². The second kappa shape index (κ2) is 13.3. The van der Waals surface area contributed by atoms with E-state index in [2.05, 4.69) is 51.1 Å². The lowest BCUT2D eigenvalue weighted by Crippen LogP contribution is -2.27. The van der Waals surface area contributed by atoms with Gasteiger partial charge < -0.3 is 20.1 Å². The number of hydrogen-bond donors (Lipinski definition) is 3. The summed E-state index contributed by atoms with van der Waals surface area (Å²) in [7, 11) is 0. The minimum atomic E-state index is -0.922. The number of aryl methyl sites for hydroxylation is 3. The normalized spacial score (nSPS) is 13.2. The average Bonchev–Trinajstić information content (AvgIpc) is 2.87. The topological polar surface area (TPSA) is 87.0 Å². The van der Waals surface area contributed by atoms with Crippen molar-refractivity contribution in [3.05, 3.63) is 69.8 Å². The van der Waals surface area contributed by atoms with Gasteiger partial charge in [-0.05, 0) is 86.3 Å². The van der Waals surface area contributed by atoms with Crippen LogP contribution in [0.1, 0.15) is 99.6 Å². The van der Waals surface area contributed by atoms with E-state index in [1.165, 1.54) is 16.7 Å². The highest BCUT2D eigenvalue weighted by Crippen LogP contribution is 2.42. The fourth-order valence-electron chi connectivity index (χ4n) is 5.13. The van der Waals surface area contributed by atoms with Crippen LogP contribution in [-0.4, -0.2) is 39.6 Å². The van der Waals surface area contributed by atoms with Crippen molar-refractivity contribution in [3.63, 3.8) is 0 Å². The number of ether oxygens (including phenoxy) is 1.